The number of likely N-dealkylation sites (tertiary alicyclic amines) is 1. The third-order valence-corrected chi connectivity index (χ3v) is 6.99. The number of thioether (sulfide) groups is 1. The molecule has 1 fully saturated rings. The highest BCUT2D eigenvalue weighted by Crippen LogP contribution is 2.23. The van der Waals surface area contributed by atoms with Crippen LogP contribution < -0.4 is 5.32 Å². The van der Waals surface area contributed by atoms with Crippen molar-refractivity contribution in [1.82, 2.24) is 30.0 Å². The van der Waals surface area contributed by atoms with E-state index in [1.165, 1.54) is 17.3 Å². The van der Waals surface area contributed by atoms with Crippen LogP contribution in [0.4, 0.5) is 0 Å². The number of benzene rings is 1. The van der Waals surface area contributed by atoms with E-state index in [0.29, 0.717) is 23.9 Å². The molecule has 35 heavy (non-hydrogen) atoms. The van der Waals surface area contributed by atoms with Gasteiger partial charge in [0, 0.05) is 25.2 Å². The maximum atomic E-state index is 12.6. The average molecular weight is 493 g/mol. The van der Waals surface area contributed by atoms with E-state index in [4.69, 9.17) is 0 Å². The molecule has 3 heterocycles. The van der Waals surface area contributed by atoms with Gasteiger partial charge in [0.1, 0.15) is 0 Å². The number of hydrogen-bond acceptors (Lipinski definition) is 6. The Morgan fingerprint density at radius 1 is 1.11 bits per heavy atom. The maximum Gasteiger partial charge on any atom is 0.230 e. The lowest BCUT2D eigenvalue weighted by Gasteiger charge is -2.20. The molecule has 1 aliphatic heterocycles. The van der Waals surface area contributed by atoms with Gasteiger partial charge in [-0.2, -0.15) is 0 Å². The van der Waals surface area contributed by atoms with Crippen LogP contribution in [-0.4, -0.2) is 54.8 Å². The van der Waals surface area contributed by atoms with Crippen molar-refractivity contribution in [2.45, 2.75) is 63.2 Å². The molecule has 0 spiro atoms. The summed E-state index contributed by atoms with van der Waals surface area (Å²) in [5.74, 6) is 1.02. The topological polar surface area (TPSA) is 93.0 Å². The van der Waals surface area contributed by atoms with Gasteiger partial charge < -0.3 is 10.2 Å². The highest BCUT2D eigenvalue weighted by Gasteiger charge is 2.22. The maximum absolute atomic E-state index is 12.6. The zero-order valence-electron chi connectivity index (χ0n) is 20.1. The lowest BCUT2D eigenvalue weighted by Crippen LogP contribution is -2.34. The van der Waals surface area contributed by atoms with Crippen molar-refractivity contribution < 1.29 is 9.59 Å². The quantitative estimate of drug-likeness (QED) is 0.433. The van der Waals surface area contributed by atoms with Crippen molar-refractivity contribution >= 4 is 23.6 Å². The van der Waals surface area contributed by atoms with Crippen LogP contribution in [0.5, 0.6) is 0 Å². The first-order valence-corrected chi connectivity index (χ1v) is 13.2. The summed E-state index contributed by atoms with van der Waals surface area (Å²) >= 11 is 1.34. The first-order valence-electron chi connectivity index (χ1n) is 12.2. The van der Waals surface area contributed by atoms with E-state index in [-0.39, 0.29) is 23.6 Å². The Labute approximate surface area is 210 Å². The lowest BCUT2D eigenvalue weighted by atomic mass is 10.1. The summed E-state index contributed by atoms with van der Waals surface area (Å²) in [5, 5.41) is 12.5. The van der Waals surface area contributed by atoms with Crippen LogP contribution in [-0.2, 0) is 22.6 Å². The Bertz CT molecular complexity index is 1110. The van der Waals surface area contributed by atoms with E-state index in [1.807, 2.05) is 46.7 Å². The van der Waals surface area contributed by atoms with Crippen LogP contribution in [0, 0.1) is 0 Å². The van der Waals surface area contributed by atoms with Crippen LogP contribution in [0.25, 0.3) is 5.69 Å². The molecule has 0 saturated carbocycles. The fraction of sp³-hybridized carbons (Fsp3) is 0.423. The minimum Gasteiger partial charge on any atom is -0.353 e. The molecule has 1 aromatic carbocycles. The standard InChI is InChI=1S/C26H32N6O2S/c1-20(13-14-21-9-4-2-5-10-21)28-24(33)19-35-26-30-29-23(32(26)22-11-8-15-27-17-22)18-31-16-7-3-6-12-25(31)34/h2,4-5,8-11,15,17,20H,3,6-7,12-14,16,18-19H2,1H3,(H,28,33). The molecule has 2 amide bonds. The molecule has 0 aliphatic carbocycles. The van der Waals surface area contributed by atoms with Gasteiger partial charge in [0.15, 0.2) is 11.0 Å². The molecule has 3 aromatic rings. The molecule has 2 aromatic heterocycles. The molecule has 4 rings (SSSR count). The number of amides is 2. The van der Waals surface area contributed by atoms with E-state index in [0.717, 1.165) is 44.3 Å². The molecule has 1 N–H and O–H groups in total. The Hall–Kier alpha value is -3.20. The number of nitrogens with one attached hydrogen (secondary N) is 1. The van der Waals surface area contributed by atoms with Gasteiger partial charge in [-0.05, 0) is 50.3 Å². The fourth-order valence-electron chi connectivity index (χ4n) is 4.16. The Balaban J connectivity index is 1.39. The summed E-state index contributed by atoms with van der Waals surface area (Å²) in [7, 11) is 0. The summed E-state index contributed by atoms with van der Waals surface area (Å²) in [6.07, 6.45) is 8.82. The predicted octanol–water partition coefficient (Wildman–Crippen LogP) is 3.79. The van der Waals surface area contributed by atoms with Gasteiger partial charge in [-0.15, -0.1) is 10.2 Å². The number of rotatable bonds is 10. The molecule has 1 aliphatic rings. The second kappa shape index (κ2) is 12.5. The van der Waals surface area contributed by atoms with E-state index in [9.17, 15) is 9.59 Å². The number of pyridine rings is 1. The summed E-state index contributed by atoms with van der Waals surface area (Å²) in [4.78, 5) is 31.3. The van der Waals surface area contributed by atoms with Crippen LogP contribution in [0.2, 0.25) is 0 Å². The third-order valence-electron chi connectivity index (χ3n) is 6.06. The van der Waals surface area contributed by atoms with Crippen molar-refractivity contribution in [3.05, 3.63) is 66.2 Å². The van der Waals surface area contributed by atoms with E-state index in [2.05, 4.69) is 32.6 Å². The van der Waals surface area contributed by atoms with E-state index >= 15 is 0 Å². The van der Waals surface area contributed by atoms with E-state index < -0.39 is 0 Å². The molecule has 9 heteroatoms. The minimum absolute atomic E-state index is 0.0412. The Morgan fingerprint density at radius 3 is 2.77 bits per heavy atom. The summed E-state index contributed by atoms with van der Waals surface area (Å²) in [6, 6.07) is 14.1. The van der Waals surface area contributed by atoms with Gasteiger partial charge in [0.25, 0.3) is 0 Å². The molecule has 0 bridgehead atoms. The number of aryl methyl sites for hydroxylation is 1. The van der Waals surface area contributed by atoms with E-state index in [1.54, 1.807) is 12.4 Å². The second-order valence-electron chi connectivity index (χ2n) is 8.85. The minimum atomic E-state index is -0.0412. The van der Waals surface area contributed by atoms with Gasteiger partial charge >= 0.3 is 0 Å². The first-order chi connectivity index (χ1) is 17.1. The molecule has 1 saturated heterocycles. The molecular formula is C26H32N6O2S. The normalized spacial score (nSPS) is 15.0. The molecule has 184 valence electrons. The predicted molar refractivity (Wildman–Crippen MR) is 136 cm³/mol. The summed E-state index contributed by atoms with van der Waals surface area (Å²) in [5.41, 5.74) is 2.08. The molecule has 1 atom stereocenters. The van der Waals surface area contributed by atoms with Crippen molar-refractivity contribution in [1.29, 1.82) is 0 Å². The molecule has 1 unspecified atom stereocenters. The molecule has 0 radical (unpaired) electrons. The third kappa shape index (κ3) is 7.14. The molecule has 8 nitrogen and oxygen atoms in total. The van der Waals surface area contributed by atoms with Crippen LogP contribution in [0.3, 0.4) is 0 Å². The van der Waals surface area contributed by atoms with Gasteiger partial charge in [-0.25, -0.2) is 0 Å². The summed E-state index contributed by atoms with van der Waals surface area (Å²) in [6.45, 7) is 3.15. The second-order valence-corrected chi connectivity index (χ2v) is 9.80. The first kappa shape index (κ1) is 24.9. The van der Waals surface area contributed by atoms with Gasteiger partial charge in [0.2, 0.25) is 11.8 Å². The number of aromatic nitrogens is 4. The van der Waals surface area contributed by atoms with Crippen molar-refractivity contribution in [3.8, 4) is 5.69 Å². The monoisotopic (exact) mass is 492 g/mol. The van der Waals surface area contributed by atoms with Crippen molar-refractivity contribution in [2.75, 3.05) is 12.3 Å². The van der Waals surface area contributed by atoms with Gasteiger partial charge in [-0.3, -0.25) is 19.1 Å². The number of hydrogen-bond donors (Lipinski definition) is 1. The van der Waals surface area contributed by atoms with Gasteiger partial charge in [-0.1, -0.05) is 48.5 Å². The van der Waals surface area contributed by atoms with Crippen molar-refractivity contribution in [2.24, 2.45) is 0 Å². The van der Waals surface area contributed by atoms with Crippen LogP contribution in [0.1, 0.15) is 50.4 Å². The highest BCUT2D eigenvalue weighted by atomic mass is 32.2. The van der Waals surface area contributed by atoms with Crippen molar-refractivity contribution in [3.63, 3.8) is 0 Å². The molecular weight excluding hydrogens is 460 g/mol. The Morgan fingerprint density at radius 2 is 1.97 bits per heavy atom. The number of nitrogens with zero attached hydrogens (tertiary/aromatic N) is 5. The highest BCUT2D eigenvalue weighted by molar-refractivity contribution is 7.99. The zero-order valence-corrected chi connectivity index (χ0v) is 20.9. The van der Waals surface area contributed by atoms with Gasteiger partial charge in [0.05, 0.1) is 24.2 Å². The number of carbonyl (C=O) groups is 2. The smallest absolute Gasteiger partial charge is 0.230 e. The average Bonchev–Trinajstić information content (AvgIpc) is 3.17. The SMILES string of the molecule is CC(CCc1ccccc1)NC(=O)CSc1nnc(CN2CCCCCC2=O)n1-c1cccnc1. The Kier molecular flexibility index (Phi) is 8.89. The fourth-order valence-corrected chi connectivity index (χ4v) is 4.95. The largest absolute Gasteiger partial charge is 0.353 e. The van der Waals surface area contributed by atoms with Crippen LogP contribution in [0.15, 0.2) is 60.0 Å². The zero-order chi connectivity index (χ0) is 24.5. The summed E-state index contributed by atoms with van der Waals surface area (Å²) < 4.78 is 1.90. The van der Waals surface area contributed by atoms with Crippen LogP contribution >= 0.6 is 11.8 Å². The lowest BCUT2D eigenvalue weighted by molar-refractivity contribution is -0.131. The number of carbonyl (C=O) groups excluding carboxylic acids is 2.